The zero-order chi connectivity index (χ0) is 26.9. The molecule has 37 heavy (non-hydrogen) atoms. The van der Waals surface area contributed by atoms with Crippen LogP contribution in [0.3, 0.4) is 0 Å². The molecule has 0 fully saturated rings. The first-order valence-electron chi connectivity index (χ1n) is 11.8. The summed E-state index contributed by atoms with van der Waals surface area (Å²) < 4.78 is 6.57. The molecule has 0 unspecified atom stereocenters. The minimum atomic E-state index is -0.482. The number of esters is 1. The van der Waals surface area contributed by atoms with Crippen LogP contribution in [0.4, 0.5) is 5.69 Å². The Kier molecular flexibility index (Phi) is 9.62. The van der Waals surface area contributed by atoms with E-state index < -0.39 is 12.0 Å². The smallest absolute Gasteiger partial charge is 0.337 e. The average molecular weight is 522 g/mol. The normalized spacial score (nSPS) is 11.6. The highest BCUT2D eigenvalue weighted by Gasteiger charge is 2.26. The molecule has 0 radical (unpaired) electrons. The third-order valence-corrected chi connectivity index (χ3v) is 6.47. The molecule has 3 rings (SSSR count). The summed E-state index contributed by atoms with van der Waals surface area (Å²) in [6, 6.07) is 13.5. The summed E-state index contributed by atoms with van der Waals surface area (Å²) in [5, 5.41) is 15.0. The van der Waals surface area contributed by atoms with Crippen molar-refractivity contribution in [1.82, 2.24) is 20.1 Å². The maximum absolute atomic E-state index is 12.9. The second-order valence-electron chi connectivity index (χ2n) is 8.71. The molecule has 3 aromatic rings. The van der Waals surface area contributed by atoms with Crippen LogP contribution in [0.1, 0.15) is 52.0 Å². The van der Waals surface area contributed by atoms with Gasteiger partial charge in [-0.3, -0.25) is 9.59 Å². The average Bonchev–Trinajstić information content (AvgIpc) is 3.28. The minimum Gasteiger partial charge on any atom is -0.465 e. The third kappa shape index (κ3) is 7.29. The number of aryl methyl sites for hydroxylation is 1. The Morgan fingerprint density at radius 2 is 1.84 bits per heavy atom. The summed E-state index contributed by atoms with van der Waals surface area (Å²) in [7, 11) is 1.30. The molecule has 0 spiro atoms. The van der Waals surface area contributed by atoms with Crippen molar-refractivity contribution in [3.8, 4) is 0 Å². The Hall–Kier alpha value is -3.92. The lowest BCUT2D eigenvalue weighted by Crippen LogP contribution is -2.33. The van der Waals surface area contributed by atoms with Gasteiger partial charge in [0.1, 0.15) is 0 Å². The molecule has 0 saturated heterocycles. The van der Waals surface area contributed by atoms with Crippen LogP contribution in [-0.4, -0.2) is 45.4 Å². The maximum atomic E-state index is 12.9. The van der Waals surface area contributed by atoms with Gasteiger partial charge in [-0.25, -0.2) is 4.79 Å². The van der Waals surface area contributed by atoms with Crippen molar-refractivity contribution in [1.29, 1.82) is 0 Å². The van der Waals surface area contributed by atoms with Crippen molar-refractivity contribution in [2.24, 2.45) is 5.92 Å². The van der Waals surface area contributed by atoms with Crippen LogP contribution in [0.15, 0.2) is 66.3 Å². The lowest BCUT2D eigenvalue weighted by Gasteiger charge is -2.22. The zero-order valence-electron chi connectivity index (χ0n) is 21.4. The largest absolute Gasteiger partial charge is 0.465 e. The van der Waals surface area contributed by atoms with E-state index in [-0.39, 0.29) is 23.5 Å². The first-order valence-corrected chi connectivity index (χ1v) is 12.7. The van der Waals surface area contributed by atoms with E-state index in [9.17, 15) is 14.4 Å². The van der Waals surface area contributed by atoms with Gasteiger partial charge in [0.05, 0.1) is 24.5 Å². The molecule has 1 atom stereocenters. The number of thioether (sulfide) groups is 1. The summed E-state index contributed by atoms with van der Waals surface area (Å²) >= 11 is 1.22. The number of rotatable bonds is 11. The number of allylic oxidation sites excluding steroid dienone is 1. The van der Waals surface area contributed by atoms with Gasteiger partial charge >= 0.3 is 5.97 Å². The standard InChI is InChI=1S/C27H31N5O4S/c1-6-14-32-24(23(17(2)3)29-25(34)19-12-10-18(4)11-13-19)30-31-27(32)37-16-22(33)28-21-9-7-8-20(15-21)26(35)36-5/h6-13,15,17,23H,1,14,16H2,2-5H3,(H,28,33)(H,29,34)/t23-/m0/s1. The number of aromatic nitrogens is 3. The first-order chi connectivity index (χ1) is 17.7. The summed E-state index contributed by atoms with van der Waals surface area (Å²) in [5.41, 5.74) is 2.47. The summed E-state index contributed by atoms with van der Waals surface area (Å²) in [5.74, 6) is -0.261. The highest BCUT2D eigenvalue weighted by atomic mass is 32.2. The maximum Gasteiger partial charge on any atom is 0.337 e. The second kappa shape index (κ2) is 12.9. The van der Waals surface area contributed by atoms with E-state index in [0.717, 1.165) is 5.56 Å². The number of carbonyl (C=O) groups is 3. The molecule has 9 nitrogen and oxygen atoms in total. The van der Waals surface area contributed by atoms with Crippen molar-refractivity contribution in [2.45, 2.75) is 38.5 Å². The molecule has 0 aliphatic carbocycles. The molecule has 1 heterocycles. The number of hydrogen-bond donors (Lipinski definition) is 2. The van der Waals surface area contributed by atoms with Gasteiger partial charge < -0.3 is 19.9 Å². The molecule has 10 heteroatoms. The number of nitrogens with zero attached hydrogens (tertiary/aromatic N) is 3. The van der Waals surface area contributed by atoms with Gasteiger partial charge in [-0.1, -0.05) is 55.4 Å². The quantitative estimate of drug-likeness (QED) is 0.218. The van der Waals surface area contributed by atoms with Gasteiger partial charge in [0.2, 0.25) is 5.91 Å². The number of carbonyl (C=O) groups excluding carboxylic acids is 3. The number of amides is 2. The predicted octanol–water partition coefficient (Wildman–Crippen LogP) is 4.42. The molecule has 0 aliphatic rings. The predicted molar refractivity (Wildman–Crippen MR) is 144 cm³/mol. The van der Waals surface area contributed by atoms with Crippen LogP contribution in [0.5, 0.6) is 0 Å². The molecule has 0 bridgehead atoms. The second-order valence-corrected chi connectivity index (χ2v) is 9.65. The number of hydrogen-bond acceptors (Lipinski definition) is 7. The molecule has 194 valence electrons. The number of nitrogens with one attached hydrogen (secondary N) is 2. The van der Waals surface area contributed by atoms with E-state index in [1.165, 1.54) is 18.9 Å². The van der Waals surface area contributed by atoms with Crippen LogP contribution in [0.2, 0.25) is 0 Å². The molecular formula is C27H31N5O4S. The number of methoxy groups -OCH3 is 1. The monoisotopic (exact) mass is 521 g/mol. The van der Waals surface area contributed by atoms with Gasteiger partial charge in [-0.2, -0.15) is 0 Å². The van der Waals surface area contributed by atoms with Crippen molar-refractivity contribution in [3.05, 3.63) is 83.7 Å². The van der Waals surface area contributed by atoms with E-state index in [1.54, 1.807) is 42.5 Å². The van der Waals surface area contributed by atoms with Crippen molar-refractivity contribution in [3.63, 3.8) is 0 Å². The fourth-order valence-corrected chi connectivity index (χ4v) is 4.32. The number of benzene rings is 2. The fraction of sp³-hybridized carbons (Fsp3) is 0.296. The van der Waals surface area contributed by atoms with Gasteiger partial charge in [0.15, 0.2) is 11.0 Å². The summed E-state index contributed by atoms with van der Waals surface area (Å²) in [4.78, 5) is 37.3. The van der Waals surface area contributed by atoms with Crippen LogP contribution in [0, 0.1) is 12.8 Å². The summed E-state index contributed by atoms with van der Waals surface area (Å²) in [6.07, 6.45) is 1.72. The Bertz CT molecular complexity index is 1270. The molecule has 0 aliphatic heterocycles. The topological polar surface area (TPSA) is 115 Å². The lowest BCUT2D eigenvalue weighted by molar-refractivity contribution is -0.113. The van der Waals surface area contributed by atoms with Crippen molar-refractivity contribution >= 4 is 35.2 Å². The molecular weight excluding hydrogens is 490 g/mol. The van der Waals surface area contributed by atoms with Gasteiger partial charge in [0, 0.05) is 17.8 Å². The van der Waals surface area contributed by atoms with E-state index in [1.807, 2.05) is 37.5 Å². The van der Waals surface area contributed by atoms with Gasteiger partial charge in [-0.05, 0) is 43.2 Å². The van der Waals surface area contributed by atoms with E-state index in [0.29, 0.717) is 34.3 Å². The van der Waals surface area contributed by atoms with E-state index in [4.69, 9.17) is 4.74 Å². The molecule has 0 saturated carbocycles. The Balaban J connectivity index is 1.73. The van der Waals surface area contributed by atoms with Crippen LogP contribution < -0.4 is 10.6 Å². The third-order valence-electron chi connectivity index (χ3n) is 5.50. The SMILES string of the molecule is C=CCn1c(SCC(=O)Nc2cccc(C(=O)OC)c2)nnc1[C@@H](NC(=O)c1ccc(C)cc1)C(C)C. The van der Waals surface area contributed by atoms with E-state index in [2.05, 4.69) is 27.4 Å². The fourth-order valence-electron chi connectivity index (χ4n) is 3.57. The molecule has 2 N–H and O–H groups in total. The molecule has 2 aromatic carbocycles. The highest BCUT2D eigenvalue weighted by molar-refractivity contribution is 7.99. The van der Waals surface area contributed by atoms with Crippen LogP contribution in [-0.2, 0) is 16.1 Å². The minimum absolute atomic E-state index is 0.0328. The van der Waals surface area contributed by atoms with Gasteiger partial charge in [-0.15, -0.1) is 16.8 Å². The van der Waals surface area contributed by atoms with Gasteiger partial charge in [0.25, 0.3) is 5.91 Å². The Morgan fingerprint density at radius 3 is 2.49 bits per heavy atom. The van der Waals surface area contributed by atoms with Crippen LogP contribution >= 0.6 is 11.8 Å². The Labute approximate surface area is 220 Å². The number of ether oxygens (including phenoxy) is 1. The van der Waals surface area contributed by atoms with E-state index >= 15 is 0 Å². The highest BCUT2D eigenvalue weighted by Crippen LogP contribution is 2.26. The Morgan fingerprint density at radius 1 is 1.11 bits per heavy atom. The van der Waals surface area contributed by atoms with Crippen molar-refractivity contribution < 1.29 is 19.1 Å². The summed E-state index contributed by atoms with van der Waals surface area (Å²) in [6.45, 7) is 10.2. The zero-order valence-corrected chi connectivity index (χ0v) is 22.2. The first kappa shape index (κ1) is 27.7. The molecule has 1 aromatic heterocycles. The number of anilines is 1. The molecule has 2 amide bonds. The van der Waals surface area contributed by atoms with Crippen molar-refractivity contribution in [2.75, 3.05) is 18.2 Å². The lowest BCUT2D eigenvalue weighted by atomic mass is 10.0. The van der Waals surface area contributed by atoms with Crippen LogP contribution in [0.25, 0.3) is 0 Å².